The van der Waals surface area contributed by atoms with Crippen molar-refractivity contribution in [3.8, 4) is 0 Å². The number of rotatable bonds is 4. The zero-order valence-corrected chi connectivity index (χ0v) is 9.49. The SMILES string of the molecule is Cn1cc(C2(CC(=O)O)CCC2)c(C(F)F)n1. The second-order valence-electron chi connectivity index (χ2n) is 4.61. The highest BCUT2D eigenvalue weighted by Gasteiger charge is 2.44. The molecule has 4 nitrogen and oxygen atoms in total. The fourth-order valence-corrected chi connectivity index (χ4v) is 2.51. The topological polar surface area (TPSA) is 55.1 Å². The molecule has 6 heteroatoms. The Hall–Kier alpha value is -1.46. The van der Waals surface area contributed by atoms with Crippen molar-refractivity contribution in [2.45, 2.75) is 37.5 Å². The van der Waals surface area contributed by atoms with Crippen LogP contribution in [0.4, 0.5) is 8.78 Å². The van der Waals surface area contributed by atoms with Crippen molar-refractivity contribution in [3.63, 3.8) is 0 Å². The quantitative estimate of drug-likeness (QED) is 0.883. The van der Waals surface area contributed by atoms with Crippen LogP contribution < -0.4 is 0 Å². The van der Waals surface area contributed by atoms with Gasteiger partial charge in [-0.3, -0.25) is 9.48 Å². The van der Waals surface area contributed by atoms with Gasteiger partial charge in [0.1, 0.15) is 5.69 Å². The molecule has 0 amide bonds. The number of aliphatic carboxylic acids is 1. The maximum Gasteiger partial charge on any atom is 0.304 e. The Balaban J connectivity index is 2.40. The number of nitrogens with zero attached hydrogens (tertiary/aromatic N) is 2. The number of aromatic nitrogens is 2. The van der Waals surface area contributed by atoms with E-state index in [4.69, 9.17) is 5.11 Å². The monoisotopic (exact) mass is 244 g/mol. The molecule has 0 bridgehead atoms. The molecule has 0 radical (unpaired) electrons. The molecule has 1 aromatic rings. The van der Waals surface area contributed by atoms with Crippen molar-refractivity contribution in [1.82, 2.24) is 9.78 Å². The van der Waals surface area contributed by atoms with E-state index in [0.29, 0.717) is 18.4 Å². The van der Waals surface area contributed by atoms with Crippen LogP contribution in [0.25, 0.3) is 0 Å². The summed E-state index contributed by atoms with van der Waals surface area (Å²) in [6.45, 7) is 0. The van der Waals surface area contributed by atoms with Gasteiger partial charge in [0.05, 0.1) is 6.42 Å². The maximum absolute atomic E-state index is 12.8. The Labute approximate surface area is 97.2 Å². The van der Waals surface area contributed by atoms with Crippen LogP contribution in [0.15, 0.2) is 6.20 Å². The van der Waals surface area contributed by atoms with Crippen molar-refractivity contribution in [3.05, 3.63) is 17.5 Å². The first-order chi connectivity index (χ1) is 7.94. The van der Waals surface area contributed by atoms with Crippen molar-refractivity contribution in [2.24, 2.45) is 7.05 Å². The van der Waals surface area contributed by atoms with Gasteiger partial charge in [0.15, 0.2) is 0 Å². The summed E-state index contributed by atoms with van der Waals surface area (Å²) in [5.41, 5.74) is -0.497. The third-order valence-electron chi connectivity index (χ3n) is 3.44. The molecule has 0 atom stereocenters. The second kappa shape index (κ2) is 4.09. The highest BCUT2D eigenvalue weighted by Crippen LogP contribution is 2.48. The van der Waals surface area contributed by atoms with Crippen molar-refractivity contribution >= 4 is 5.97 Å². The first-order valence-electron chi connectivity index (χ1n) is 5.48. The van der Waals surface area contributed by atoms with E-state index in [-0.39, 0.29) is 12.1 Å². The molecule has 1 aliphatic rings. The number of hydrogen-bond acceptors (Lipinski definition) is 2. The summed E-state index contributed by atoms with van der Waals surface area (Å²) < 4.78 is 27.0. The number of halogens is 2. The lowest BCUT2D eigenvalue weighted by Crippen LogP contribution is -2.37. The van der Waals surface area contributed by atoms with E-state index in [2.05, 4.69) is 5.10 Å². The van der Waals surface area contributed by atoms with E-state index in [0.717, 1.165) is 6.42 Å². The highest BCUT2D eigenvalue weighted by molar-refractivity contribution is 5.69. The average molecular weight is 244 g/mol. The Morgan fingerprint density at radius 3 is 2.71 bits per heavy atom. The van der Waals surface area contributed by atoms with E-state index in [1.165, 1.54) is 10.9 Å². The van der Waals surface area contributed by atoms with Crippen molar-refractivity contribution in [2.75, 3.05) is 0 Å². The van der Waals surface area contributed by atoms with Crippen LogP contribution >= 0.6 is 0 Å². The lowest BCUT2D eigenvalue weighted by molar-refractivity contribution is -0.139. The van der Waals surface area contributed by atoms with Gasteiger partial charge in [-0.2, -0.15) is 5.10 Å². The normalized spacial score (nSPS) is 18.1. The maximum atomic E-state index is 12.8. The molecule has 0 saturated heterocycles. The van der Waals surface area contributed by atoms with Gasteiger partial charge in [-0.1, -0.05) is 6.42 Å². The minimum Gasteiger partial charge on any atom is -0.481 e. The summed E-state index contributed by atoms with van der Waals surface area (Å²) in [5.74, 6) is -0.950. The molecular weight excluding hydrogens is 230 g/mol. The predicted octanol–water partition coefficient (Wildman–Crippen LogP) is 2.25. The van der Waals surface area contributed by atoms with Crippen molar-refractivity contribution in [1.29, 1.82) is 0 Å². The molecule has 1 saturated carbocycles. The van der Waals surface area contributed by atoms with Gasteiger partial charge in [0.2, 0.25) is 0 Å². The number of hydrogen-bond donors (Lipinski definition) is 1. The minimum absolute atomic E-state index is 0.0988. The summed E-state index contributed by atoms with van der Waals surface area (Å²) in [4.78, 5) is 10.9. The number of carbonyl (C=O) groups is 1. The smallest absolute Gasteiger partial charge is 0.304 e. The fourth-order valence-electron chi connectivity index (χ4n) is 2.51. The Kier molecular flexibility index (Phi) is 2.89. The molecule has 0 aromatic carbocycles. The molecule has 17 heavy (non-hydrogen) atoms. The third kappa shape index (κ3) is 2.03. The summed E-state index contributed by atoms with van der Waals surface area (Å²) in [6.07, 6.45) is 0.944. The summed E-state index contributed by atoms with van der Waals surface area (Å²) in [5, 5.41) is 12.6. The summed E-state index contributed by atoms with van der Waals surface area (Å²) in [7, 11) is 1.57. The van der Waals surface area contributed by atoms with Crippen LogP contribution in [0.1, 0.15) is 43.4 Å². The Morgan fingerprint density at radius 2 is 2.29 bits per heavy atom. The molecule has 1 heterocycles. The van der Waals surface area contributed by atoms with Gasteiger partial charge >= 0.3 is 5.97 Å². The van der Waals surface area contributed by atoms with Gasteiger partial charge in [-0.05, 0) is 12.8 Å². The van der Waals surface area contributed by atoms with E-state index in [9.17, 15) is 13.6 Å². The van der Waals surface area contributed by atoms with Crippen LogP contribution in [0.5, 0.6) is 0 Å². The van der Waals surface area contributed by atoms with E-state index >= 15 is 0 Å². The number of alkyl halides is 2. The van der Waals surface area contributed by atoms with Crippen LogP contribution in [0.3, 0.4) is 0 Å². The van der Waals surface area contributed by atoms with E-state index < -0.39 is 17.8 Å². The van der Waals surface area contributed by atoms with Gasteiger partial charge < -0.3 is 5.11 Å². The largest absolute Gasteiger partial charge is 0.481 e. The highest BCUT2D eigenvalue weighted by atomic mass is 19.3. The number of aryl methyl sites for hydroxylation is 1. The molecule has 0 spiro atoms. The lowest BCUT2D eigenvalue weighted by Gasteiger charge is -2.40. The van der Waals surface area contributed by atoms with Gasteiger partial charge in [0.25, 0.3) is 6.43 Å². The zero-order valence-electron chi connectivity index (χ0n) is 9.49. The predicted molar refractivity (Wildman–Crippen MR) is 55.9 cm³/mol. The zero-order chi connectivity index (χ0) is 12.6. The minimum atomic E-state index is -2.66. The molecule has 1 fully saturated rings. The molecular formula is C11H14F2N2O2. The number of carboxylic acid groups (broad SMARTS) is 1. The Morgan fingerprint density at radius 1 is 1.65 bits per heavy atom. The third-order valence-corrected chi connectivity index (χ3v) is 3.44. The van der Waals surface area contributed by atoms with Gasteiger partial charge in [-0.15, -0.1) is 0 Å². The molecule has 0 unspecified atom stereocenters. The molecule has 1 aromatic heterocycles. The first kappa shape index (κ1) is 12.0. The fraction of sp³-hybridized carbons (Fsp3) is 0.636. The van der Waals surface area contributed by atoms with Gasteiger partial charge in [-0.25, -0.2) is 8.78 Å². The van der Waals surface area contributed by atoms with Crippen LogP contribution in [-0.4, -0.2) is 20.9 Å². The summed E-state index contributed by atoms with van der Waals surface area (Å²) in [6, 6.07) is 0. The van der Waals surface area contributed by atoms with Crippen LogP contribution in [0.2, 0.25) is 0 Å². The van der Waals surface area contributed by atoms with Gasteiger partial charge in [0, 0.05) is 24.2 Å². The number of carboxylic acids is 1. The molecule has 2 rings (SSSR count). The van der Waals surface area contributed by atoms with Crippen LogP contribution in [-0.2, 0) is 17.3 Å². The summed E-state index contributed by atoms with van der Waals surface area (Å²) >= 11 is 0. The lowest BCUT2D eigenvalue weighted by atomic mass is 9.62. The van der Waals surface area contributed by atoms with Crippen LogP contribution in [0, 0.1) is 0 Å². The molecule has 1 N–H and O–H groups in total. The second-order valence-corrected chi connectivity index (χ2v) is 4.61. The van der Waals surface area contributed by atoms with E-state index in [1.54, 1.807) is 7.05 Å². The molecule has 0 aliphatic heterocycles. The average Bonchev–Trinajstić information content (AvgIpc) is 2.54. The van der Waals surface area contributed by atoms with Crippen molar-refractivity contribution < 1.29 is 18.7 Å². The molecule has 94 valence electrons. The first-order valence-corrected chi connectivity index (χ1v) is 5.48. The standard InChI is InChI=1S/C11H14F2N2O2/c1-15-6-7(9(14-15)10(12)13)11(3-2-4-11)5-8(16)17/h6,10H,2-5H2,1H3,(H,16,17). The molecule has 1 aliphatic carbocycles. The Bertz CT molecular complexity index is 439. The van der Waals surface area contributed by atoms with E-state index in [1.807, 2.05) is 0 Å².